The topological polar surface area (TPSA) is 35.6 Å². The van der Waals surface area contributed by atoms with Gasteiger partial charge < -0.3 is 10.2 Å². The van der Waals surface area contributed by atoms with Crippen LogP contribution in [0.5, 0.6) is 0 Å². The van der Waals surface area contributed by atoms with E-state index in [2.05, 4.69) is 22.0 Å². The molecule has 20 heavy (non-hydrogen) atoms. The number of aryl methyl sites for hydroxylation is 1. The maximum Gasteiger partial charge on any atom is 0.238 e. The van der Waals surface area contributed by atoms with Gasteiger partial charge in [-0.25, -0.2) is 4.39 Å². The van der Waals surface area contributed by atoms with Crippen LogP contribution >= 0.6 is 0 Å². The summed E-state index contributed by atoms with van der Waals surface area (Å²) < 4.78 is 13.4. The fourth-order valence-corrected chi connectivity index (χ4v) is 2.34. The number of nitrogens with one attached hydrogen (secondary N) is 1. The highest BCUT2D eigenvalue weighted by atomic mass is 19.1. The first-order valence-electron chi connectivity index (χ1n) is 7.09. The fourth-order valence-electron chi connectivity index (χ4n) is 2.34. The number of likely N-dealkylation sites (N-methyl/N-ethyl adjacent to an activating group) is 1. The van der Waals surface area contributed by atoms with Gasteiger partial charge in [-0.1, -0.05) is 13.0 Å². The van der Waals surface area contributed by atoms with E-state index in [1.165, 1.54) is 6.07 Å². The molecule has 1 amide bonds. The van der Waals surface area contributed by atoms with Crippen LogP contribution in [0.1, 0.15) is 12.5 Å². The first-order chi connectivity index (χ1) is 9.58. The number of halogens is 1. The monoisotopic (exact) mass is 279 g/mol. The molecule has 0 saturated carbocycles. The van der Waals surface area contributed by atoms with E-state index in [-0.39, 0.29) is 11.7 Å². The van der Waals surface area contributed by atoms with Crippen LogP contribution < -0.4 is 5.32 Å². The fraction of sp³-hybridized carbons (Fsp3) is 0.533. The molecule has 110 valence electrons. The highest BCUT2D eigenvalue weighted by molar-refractivity contribution is 5.92. The van der Waals surface area contributed by atoms with Crippen molar-refractivity contribution >= 4 is 11.6 Å². The summed E-state index contributed by atoms with van der Waals surface area (Å²) in [5.74, 6) is -0.377. The van der Waals surface area contributed by atoms with Crippen LogP contribution in [0.15, 0.2) is 18.2 Å². The molecular formula is C15H22FN3O. The third-order valence-corrected chi connectivity index (χ3v) is 3.73. The molecule has 1 aromatic carbocycles. The van der Waals surface area contributed by atoms with Crippen molar-refractivity contribution in [3.05, 3.63) is 29.6 Å². The second kappa shape index (κ2) is 6.81. The molecule has 0 spiro atoms. The Morgan fingerprint density at radius 3 is 2.50 bits per heavy atom. The zero-order chi connectivity index (χ0) is 14.5. The summed E-state index contributed by atoms with van der Waals surface area (Å²) in [6.45, 7) is 9.09. The van der Waals surface area contributed by atoms with E-state index in [1.807, 2.05) is 0 Å². The number of piperazine rings is 1. The number of nitrogens with zero attached hydrogens (tertiary/aromatic N) is 2. The Morgan fingerprint density at radius 2 is 1.90 bits per heavy atom. The number of carbonyl (C=O) groups excluding carboxylic acids is 1. The smallest absolute Gasteiger partial charge is 0.238 e. The van der Waals surface area contributed by atoms with Crippen molar-refractivity contribution in [1.82, 2.24) is 9.80 Å². The van der Waals surface area contributed by atoms with E-state index in [0.29, 0.717) is 17.8 Å². The summed E-state index contributed by atoms with van der Waals surface area (Å²) in [6, 6.07) is 4.76. The van der Waals surface area contributed by atoms with E-state index in [4.69, 9.17) is 0 Å². The molecular weight excluding hydrogens is 257 g/mol. The summed E-state index contributed by atoms with van der Waals surface area (Å²) in [5, 5.41) is 2.75. The number of hydrogen-bond acceptors (Lipinski definition) is 3. The second-order valence-electron chi connectivity index (χ2n) is 5.22. The van der Waals surface area contributed by atoms with Crippen LogP contribution in [0, 0.1) is 12.7 Å². The zero-order valence-corrected chi connectivity index (χ0v) is 12.2. The molecule has 1 fully saturated rings. The van der Waals surface area contributed by atoms with Gasteiger partial charge in [0.15, 0.2) is 0 Å². The average molecular weight is 279 g/mol. The molecule has 0 bridgehead atoms. The molecule has 0 unspecified atom stereocenters. The number of amides is 1. The van der Waals surface area contributed by atoms with Crippen LogP contribution in [0.2, 0.25) is 0 Å². The maximum absolute atomic E-state index is 13.4. The van der Waals surface area contributed by atoms with Crippen molar-refractivity contribution in [3.8, 4) is 0 Å². The molecule has 0 radical (unpaired) electrons. The lowest BCUT2D eigenvalue weighted by Crippen LogP contribution is -2.48. The number of rotatable bonds is 4. The summed E-state index contributed by atoms with van der Waals surface area (Å²) in [4.78, 5) is 16.4. The zero-order valence-electron chi connectivity index (χ0n) is 12.2. The molecule has 0 aromatic heterocycles. The Morgan fingerprint density at radius 1 is 1.25 bits per heavy atom. The maximum atomic E-state index is 13.4. The van der Waals surface area contributed by atoms with E-state index >= 15 is 0 Å². The largest absolute Gasteiger partial charge is 0.325 e. The predicted octanol–water partition coefficient (Wildman–Crippen LogP) is 1.71. The predicted molar refractivity (Wildman–Crippen MR) is 78.3 cm³/mol. The average Bonchev–Trinajstić information content (AvgIpc) is 2.44. The standard InChI is InChI=1S/C15H22FN3O/c1-3-18-6-8-19(9-7-18)11-15(20)17-13-5-4-12(2)14(16)10-13/h4-5,10H,3,6-9,11H2,1-2H3,(H,17,20). The van der Waals surface area contributed by atoms with E-state index in [1.54, 1.807) is 19.1 Å². The second-order valence-corrected chi connectivity index (χ2v) is 5.22. The third-order valence-electron chi connectivity index (χ3n) is 3.73. The van der Waals surface area contributed by atoms with Gasteiger partial charge in [0.05, 0.1) is 6.54 Å². The minimum absolute atomic E-state index is 0.0850. The Balaban J connectivity index is 1.82. The number of benzene rings is 1. The Hall–Kier alpha value is -1.46. The van der Waals surface area contributed by atoms with Gasteiger partial charge in [0.25, 0.3) is 0 Å². The molecule has 1 heterocycles. The summed E-state index contributed by atoms with van der Waals surface area (Å²) >= 11 is 0. The van der Waals surface area contributed by atoms with Gasteiger partial charge in [0.2, 0.25) is 5.91 Å². The Labute approximate surface area is 119 Å². The first-order valence-corrected chi connectivity index (χ1v) is 7.09. The summed E-state index contributed by atoms with van der Waals surface area (Å²) in [6.07, 6.45) is 0. The van der Waals surface area contributed by atoms with Crippen molar-refractivity contribution in [2.75, 3.05) is 44.6 Å². The van der Waals surface area contributed by atoms with Gasteiger partial charge in [-0.05, 0) is 31.2 Å². The van der Waals surface area contributed by atoms with Crippen LogP contribution in [0.25, 0.3) is 0 Å². The lowest BCUT2D eigenvalue weighted by atomic mass is 10.2. The number of carbonyl (C=O) groups is 1. The van der Waals surface area contributed by atoms with Gasteiger partial charge >= 0.3 is 0 Å². The molecule has 1 aliphatic rings. The quantitative estimate of drug-likeness (QED) is 0.911. The van der Waals surface area contributed by atoms with E-state index in [9.17, 15) is 9.18 Å². The van der Waals surface area contributed by atoms with E-state index in [0.717, 1.165) is 32.7 Å². The lowest BCUT2D eigenvalue weighted by molar-refractivity contribution is -0.117. The van der Waals surface area contributed by atoms with Gasteiger partial charge in [0, 0.05) is 31.9 Å². The normalized spacial score (nSPS) is 17.1. The SMILES string of the molecule is CCN1CCN(CC(=O)Nc2ccc(C)c(F)c2)CC1. The van der Waals surface area contributed by atoms with Crippen molar-refractivity contribution in [1.29, 1.82) is 0 Å². The van der Waals surface area contributed by atoms with E-state index < -0.39 is 0 Å². The molecule has 1 saturated heterocycles. The lowest BCUT2D eigenvalue weighted by Gasteiger charge is -2.33. The number of anilines is 1. The molecule has 5 heteroatoms. The van der Waals surface area contributed by atoms with Crippen molar-refractivity contribution < 1.29 is 9.18 Å². The van der Waals surface area contributed by atoms with Crippen molar-refractivity contribution in [2.45, 2.75) is 13.8 Å². The van der Waals surface area contributed by atoms with Crippen LogP contribution in [-0.4, -0.2) is 55.0 Å². The third kappa shape index (κ3) is 4.02. The van der Waals surface area contributed by atoms with Gasteiger partial charge in [-0.3, -0.25) is 9.69 Å². The van der Waals surface area contributed by atoms with Crippen LogP contribution in [0.4, 0.5) is 10.1 Å². The van der Waals surface area contributed by atoms with Crippen molar-refractivity contribution in [3.63, 3.8) is 0 Å². The molecule has 4 nitrogen and oxygen atoms in total. The highest BCUT2D eigenvalue weighted by Crippen LogP contribution is 2.13. The molecule has 0 atom stereocenters. The van der Waals surface area contributed by atoms with Crippen LogP contribution in [0.3, 0.4) is 0 Å². The first kappa shape index (κ1) is 14.9. The van der Waals surface area contributed by atoms with Gasteiger partial charge in [-0.2, -0.15) is 0 Å². The molecule has 1 N–H and O–H groups in total. The van der Waals surface area contributed by atoms with Crippen molar-refractivity contribution in [2.24, 2.45) is 0 Å². The van der Waals surface area contributed by atoms with Gasteiger partial charge in [-0.15, -0.1) is 0 Å². The molecule has 0 aliphatic carbocycles. The molecule has 1 aromatic rings. The Bertz CT molecular complexity index is 470. The summed E-state index contributed by atoms with van der Waals surface area (Å²) in [7, 11) is 0. The molecule has 2 rings (SSSR count). The minimum atomic E-state index is -0.292. The molecule has 1 aliphatic heterocycles. The van der Waals surface area contributed by atoms with Crippen LogP contribution in [-0.2, 0) is 4.79 Å². The number of hydrogen-bond donors (Lipinski definition) is 1. The summed E-state index contributed by atoms with van der Waals surface area (Å²) in [5.41, 5.74) is 1.10. The minimum Gasteiger partial charge on any atom is -0.325 e. The van der Waals surface area contributed by atoms with Gasteiger partial charge in [0.1, 0.15) is 5.82 Å². The Kier molecular flexibility index (Phi) is 5.09. The highest BCUT2D eigenvalue weighted by Gasteiger charge is 2.17.